The minimum atomic E-state index is -1.05. The molecule has 0 bridgehead atoms. The number of hydrogen-bond acceptors (Lipinski definition) is 7. The van der Waals surface area contributed by atoms with Crippen LogP contribution in [0, 0.1) is 0 Å². The van der Waals surface area contributed by atoms with Crippen LogP contribution < -0.4 is 10.9 Å². The van der Waals surface area contributed by atoms with Crippen molar-refractivity contribution in [2.24, 2.45) is 0 Å². The zero-order chi connectivity index (χ0) is 20.9. The van der Waals surface area contributed by atoms with Crippen LogP contribution in [0.25, 0.3) is 22.4 Å². The first-order valence-corrected chi connectivity index (χ1v) is 10.3. The number of nitrogens with zero attached hydrogens (tertiary/aromatic N) is 6. The molecule has 1 unspecified atom stereocenters. The van der Waals surface area contributed by atoms with Gasteiger partial charge in [-0.25, -0.2) is 18.9 Å². The number of hydrogen-bond donors (Lipinski definition) is 2. The Morgan fingerprint density at radius 3 is 3.06 bits per heavy atom. The molecule has 0 aromatic carbocycles. The minimum absolute atomic E-state index is 0.250. The molecular formula is C20H21FN8O2. The second-order valence-electron chi connectivity index (χ2n) is 8.04. The Labute approximate surface area is 175 Å². The van der Waals surface area contributed by atoms with Gasteiger partial charge in [0.25, 0.3) is 5.56 Å². The minimum Gasteiger partial charge on any atom is -0.380 e. The van der Waals surface area contributed by atoms with Gasteiger partial charge in [0.05, 0.1) is 12.6 Å². The number of imidazole rings is 1. The predicted octanol–water partition coefficient (Wildman–Crippen LogP) is 0.955. The van der Waals surface area contributed by atoms with E-state index >= 15 is 0 Å². The topological polar surface area (TPSA) is 105 Å². The molecule has 31 heavy (non-hydrogen) atoms. The Hall–Kier alpha value is -3.31. The van der Waals surface area contributed by atoms with Gasteiger partial charge in [0, 0.05) is 67.8 Å². The number of rotatable bonds is 4. The van der Waals surface area contributed by atoms with Crippen molar-refractivity contribution in [2.45, 2.75) is 24.7 Å². The molecule has 10 nitrogen and oxygen atoms in total. The summed E-state index contributed by atoms with van der Waals surface area (Å²) in [6, 6.07) is 1.63. The Morgan fingerprint density at radius 2 is 2.19 bits per heavy atom. The Bertz CT molecular complexity index is 1310. The maximum absolute atomic E-state index is 14.6. The van der Waals surface area contributed by atoms with Crippen molar-refractivity contribution in [1.82, 2.24) is 33.9 Å². The van der Waals surface area contributed by atoms with Crippen molar-refractivity contribution < 1.29 is 9.13 Å². The molecule has 2 aliphatic rings. The zero-order valence-electron chi connectivity index (χ0n) is 16.6. The van der Waals surface area contributed by atoms with Crippen LogP contribution in [0.2, 0.25) is 0 Å². The van der Waals surface area contributed by atoms with Gasteiger partial charge >= 0.3 is 0 Å². The summed E-state index contributed by atoms with van der Waals surface area (Å²) >= 11 is 0. The molecule has 2 N–H and O–H groups in total. The average molecular weight is 424 g/mol. The highest BCUT2D eigenvalue weighted by molar-refractivity contribution is 5.79. The van der Waals surface area contributed by atoms with Crippen LogP contribution in [0.4, 0.5) is 10.3 Å². The molecule has 0 aliphatic carbocycles. The molecule has 4 aromatic heterocycles. The van der Waals surface area contributed by atoms with E-state index in [2.05, 4.69) is 30.3 Å². The molecule has 2 saturated heterocycles. The van der Waals surface area contributed by atoms with E-state index in [0.717, 1.165) is 18.6 Å². The number of aromatic amines is 1. The van der Waals surface area contributed by atoms with E-state index in [1.54, 1.807) is 29.2 Å². The fourth-order valence-corrected chi connectivity index (χ4v) is 4.50. The number of alkyl halides is 1. The molecular weight excluding hydrogens is 403 g/mol. The molecule has 6 heterocycles. The Morgan fingerprint density at radius 1 is 1.26 bits per heavy atom. The van der Waals surface area contributed by atoms with Crippen molar-refractivity contribution in [2.75, 3.05) is 31.6 Å². The number of likely N-dealkylation sites (tertiary alicyclic amines) is 1. The molecule has 11 heteroatoms. The number of anilines is 1. The highest BCUT2D eigenvalue weighted by atomic mass is 19.1. The largest absolute Gasteiger partial charge is 0.380 e. The van der Waals surface area contributed by atoms with Gasteiger partial charge < -0.3 is 10.1 Å². The Kier molecular flexibility index (Phi) is 4.25. The molecule has 2 fully saturated rings. The number of fused-ring (bicyclic) bond motifs is 2. The summed E-state index contributed by atoms with van der Waals surface area (Å²) in [6.45, 7) is 2.27. The summed E-state index contributed by atoms with van der Waals surface area (Å²) in [7, 11) is 0. The van der Waals surface area contributed by atoms with Gasteiger partial charge in [0.2, 0.25) is 11.7 Å². The van der Waals surface area contributed by atoms with E-state index in [9.17, 15) is 9.18 Å². The van der Waals surface area contributed by atoms with E-state index in [4.69, 9.17) is 4.74 Å². The fraction of sp³-hybridized carbons (Fsp3) is 0.400. The summed E-state index contributed by atoms with van der Waals surface area (Å²) in [4.78, 5) is 26.2. The van der Waals surface area contributed by atoms with Crippen molar-refractivity contribution in [3.63, 3.8) is 0 Å². The van der Waals surface area contributed by atoms with Gasteiger partial charge in [-0.05, 0) is 12.5 Å². The number of H-pyrrole nitrogens is 1. The van der Waals surface area contributed by atoms with Crippen LogP contribution in [0.5, 0.6) is 0 Å². The van der Waals surface area contributed by atoms with Gasteiger partial charge in [-0.1, -0.05) is 0 Å². The molecule has 0 amide bonds. The second-order valence-corrected chi connectivity index (χ2v) is 8.04. The smallest absolute Gasteiger partial charge is 0.277 e. The first-order valence-electron chi connectivity index (χ1n) is 10.3. The van der Waals surface area contributed by atoms with Crippen LogP contribution >= 0.6 is 0 Å². The molecule has 6 rings (SSSR count). The standard InChI is InChI=1S/C20H21FN8O2/c21-15-9-28(13-2-6-31-11-13)10-16(15)24-19-25-18(30)17-14(1-4-29(17)26-19)12-7-23-20-22-3-5-27(20)8-12/h1,3-5,7-8,13,15-16H,2,6,9-11H2,(H2,24,25,26,30)/t13?,15-,16+/m0/s1. The number of ether oxygens (including phenoxy) is 1. The molecule has 0 spiro atoms. The van der Waals surface area contributed by atoms with E-state index in [0.29, 0.717) is 36.6 Å². The lowest BCUT2D eigenvalue weighted by atomic mass is 10.1. The average Bonchev–Trinajstić information content (AvgIpc) is 3.55. The number of halogens is 1. The molecule has 3 atom stereocenters. The van der Waals surface area contributed by atoms with Crippen LogP contribution in [-0.2, 0) is 4.74 Å². The number of nitrogens with one attached hydrogen (secondary N) is 2. The van der Waals surface area contributed by atoms with Crippen LogP contribution in [0.15, 0.2) is 41.8 Å². The van der Waals surface area contributed by atoms with Crippen LogP contribution in [-0.4, -0.2) is 78.4 Å². The van der Waals surface area contributed by atoms with E-state index in [-0.39, 0.29) is 17.5 Å². The van der Waals surface area contributed by atoms with E-state index < -0.39 is 12.2 Å². The number of aromatic nitrogens is 6. The first-order chi connectivity index (χ1) is 15.2. The lowest BCUT2D eigenvalue weighted by molar-refractivity contribution is 0.154. The normalized spacial score (nSPS) is 24.5. The third-order valence-electron chi connectivity index (χ3n) is 6.10. The van der Waals surface area contributed by atoms with Gasteiger partial charge in [-0.3, -0.25) is 19.1 Å². The monoisotopic (exact) mass is 424 g/mol. The third kappa shape index (κ3) is 3.17. The quantitative estimate of drug-likeness (QED) is 0.503. The molecule has 2 aliphatic heterocycles. The van der Waals surface area contributed by atoms with Crippen molar-refractivity contribution in [3.05, 3.63) is 47.4 Å². The van der Waals surface area contributed by atoms with Gasteiger partial charge in [0.1, 0.15) is 11.7 Å². The highest BCUT2D eigenvalue weighted by Gasteiger charge is 2.38. The van der Waals surface area contributed by atoms with Gasteiger partial charge in [0.15, 0.2) is 0 Å². The predicted molar refractivity (Wildman–Crippen MR) is 111 cm³/mol. The Balaban J connectivity index is 1.28. The summed E-state index contributed by atoms with van der Waals surface area (Å²) in [5.74, 6) is 0.835. The molecule has 0 radical (unpaired) electrons. The maximum atomic E-state index is 14.6. The van der Waals surface area contributed by atoms with Gasteiger partial charge in [-0.15, -0.1) is 5.10 Å². The molecule has 0 saturated carbocycles. The fourth-order valence-electron chi connectivity index (χ4n) is 4.50. The molecule has 4 aromatic rings. The SMILES string of the molecule is O=c1[nH]c(N[C@@H]2CN(C3CCOC3)C[C@@H]2F)nn2ccc(-c3cnc4nccn4c3)c12. The van der Waals surface area contributed by atoms with Crippen molar-refractivity contribution >= 4 is 17.2 Å². The maximum Gasteiger partial charge on any atom is 0.277 e. The van der Waals surface area contributed by atoms with Crippen LogP contribution in [0.1, 0.15) is 6.42 Å². The summed E-state index contributed by atoms with van der Waals surface area (Å²) in [5, 5.41) is 7.53. The van der Waals surface area contributed by atoms with Crippen LogP contribution in [0.3, 0.4) is 0 Å². The summed E-state index contributed by atoms with van der Waals surface area (Å²) in [5.41, 5.74) is 1.58. The van der Waals surface area contributed by atoms with E-state index in [1.807, 2.05) is 12.3 Å². The van der Waals surface area contributed by atoms with E-state index in [1.165, 1.54) is 4.52 Å². The molecule has 160 valence electrons. The van der Waals surface area contributed by atoms with Crippen molar-refractivity contribution in [1.29, 1.82) is 0 Å². The lowest BCUT2D eigenvalue weighted by Crippen LogP contribution is -2.36. The summed E-state index contributed by atoms with van der Waals surface area (Å²) in [6.07, 6.45) is 8.60. The van der Waals surface area contributed by atoms with Crippen molar-refractivity contribution in [3.8, 4) is 11.1 Å². The third-order valence-corrected chi connectivity index (χ3v) is 6.10. The second kappa shape index (κ2) is 7.13. The lowest BCUT2D eigenvalue weighted by Gasteiger charge is -2.21. The zero-order valence-corrected chi connectivity index (χ0v) is 16.6. The summed E-state index contributed by atoms with van der Waals surface area (Å²) < 4.78 is 23.4. The highest BCUT2D eigenvalue weighted by Crippen LogP contribution is 2.25. The first kappa shape index (κ1) is 18.5. The van der Waals surface area contributed by atoms with Gasteiger partial charge in [-0.2, -0.15) is 0 Å².